The monoisotopic (exact) mass is 888 g/mol. The molecule has 63 heavy (non-hydrogen) atoms. The number of halogens is 5. The van der Waals surface area contributed by atoms with Crippen LogP contribution in [0.25, 0.3) is 0 Å². The third-order valence-electron chi connectivity index (χ3n) is 11.2. The van der Waals surface area contributed by atoms with Crippen LogP contribution in [0.1, 0.15) is 131 Å². The van der Waals surface area contributed by atoms with Gasteiger partial charge in [0.2, 0.25) is 11.8 Å². The molecule has 5 N–H and O–H groups in total. The van der Waals surface area contributed by atoms with Crippen molar-refractivity contribution in [1.29, 1.82) is 0 Å². The number of imide groups is 1. The molecule has 0 saturated carbocycles. The van der Waals surface area contributed by atoms with Crippen LogP contribution in [0.5, 0.6) is 0 Å². The SMILES string of the molecule is O=C1CCC(N2Cc3cc(C(=O)NCCCCCCCCNC(=O)c4cc(NC(=O)c5cccc(C(F)(F)F)c5)c5c(c4)C(=O)N[C@@H]5c4cc(F)ccc4Cl)ccc3C2=O)C(=O)N1. The van der Waals surface area contributed by atoms with Crippen molar-refractivity contribution in [2.45, 2.75) is 76.2 Å². The molecule has 4 aromatic carbocycles. The van der Waals surface area contributed by atoms with Crippen LogP contribution in [0, 0.1) is 5.82 Å². The number of carbonyl (C=O) groups is 7. The standard InChI is InChI=1S/C45H41ClF4N6O7/c46-33-13-11-29(47)22-31(33)38-37-32(42(61)55-38)20-26(21-34(37)53-41(60)24-8-7-9-28(19-24)45(48,49)50)40(59)52-17-6-4-2-1-3-5-16-51-39(58)25-10-12-30-27(18-25)23-56(44(30)63)35-14-15-36(57)54-43(35)62/h7-13,18-22,35,38H,1-6,14-17,23H2,(H,51,58)(H,52,59)(H,53,60)(H,55,61)(H,54,57,62)/t35?,38-/m1/s1. The topological polar surface area (TPSA) is 183 Å². The Labute approximate surface area is 363 Å². The molecule has 0 aliphatic carbocycles. The van der Waals surface area contributed by atoms with Gasteiger partial charge in [-0.15, -0.1) is 0 Å². The van der Waals surface area contributed by atoms with Crippen molar-refractivity contribution < 1.29 is 51.1 Å². The fraction of sp³-hybridized carbons (Fsp3) is 0.311. The Kier molecular flexibility index (Phi) is 13.2. The summed E-state index contributed by atoms with van der Waals surface area (Å²) in [6, 6.07) is 13.0. The molecule has 1 unspecified atom stereocenters. The molecule has 7 rings (SSSR count). The fourth-order valence-corrected chi connectivity index (χ4v) is 8.18. The first-order valence-corrected chi connectivity index (χ1v) is 20.7. The van der Waals surface area contributed by atoms with Gasteiger partial charge in [-0.05, 0) is 91.6 Å². The number of amides is 7. The van der Waals surface area contributed by atoms with Gasteiger partial charge < -0.3 is 26.2 Å². The van der Waals surface area contributed by atoms with E-state index in [9.17, 15) is 51.1 Å². The Balaban J connectivity index is 0.886. The molecule has 328 valence electrons. The molecule has 1 fully saturated rings. The van der Waals surface area contributed by atoms with E-state index in [1.807, 2.05) is 0 Å². The van der Waals surface area contributed by atoms with E-state index in [0.717, 1.165) is 56.4 Å². The van der Waals surface area contributed by atoms with E-state index < -0.39 is 53.3 Å². The highest BCUT2D eigenvalue weighted by molar-refractivity contribution is 6.31. The zero-order valence-electron chi connectivity index (χ0n) is 33.6. The van der Waals surface area contributed by atoms with E-state index in [4.69, 9.17) is 11.6 Å². The minimum atomic E-state index is -4.71. The van der Waals surface area contributed by atoms with Gasteiger partial charge in [0.05, 0.1) is 11.6 Å². The third kappa shape index (κ3) is 10.0. The third-order valence-corrected chi connectivity index (χ3v) is 11.5. The van der Waals surface area contributed by atoms with E-state index in [0.29, 0.717) is 35.7 Å². The number of unbranched alkanes of at least 4 members (excludes halogenated alkanes) is 5. The lowest BCUT2D eigenvalue weighted by molar-refractivity contribution is -0.138. The maximum atomic E-state index is 14.3. The van der Waals surface area contributed by atoms with Crippen molar-refractivity contribution in [1.82, 2.24) is 26.2 Å². The molecule has 13 nitrogen and oxygen atoms in total. The maximum absolute atomic E-state index is 14.3. The van der Waals surface area contributed by atoms with Crippen LogP contribution in [0.4, 0.5) is 23.2 Å². The van der Waals surface area contributed by atoms with E-state index in [2.05, 4.69) is 26.6 Å². The smallest absolute Gasteiger partial charge is 0.352 e. The zero-order chi connectivity index (χ0) is 45.0. The van der Waals surface area contributed by atoms with E-state index >= 15 is 0 Å². The number of hydrogen-bond acceptors (Lipinski definition) is 7. The predicted octanol–water partition coefficient (Wildman–Crippen LogP) is 6.84. The number of nitrogens with one attached hydrogen (secondary N) is 5. The lowest BCUT2D eigenvalue weighted by Gasteiger charge is -2.29. The van der Waals surface area contributed by atoms with E-state index in [1.54, 1.807) is 18.2 Å². The highest BCUT2D eigenvalue weighted by atomic mass is 35.5. The number of benzene rings is 4. The van der Waals surface area contributed by atoms with Crippen LogP contribution >= 0.6 is 11.6 Å². The summed E-state index contributed by atoms with van der Waals surface area (Å²) in [7, 11) is 0. The molecule has 0 radical (unpaired) electrons. The van der Waals surface area contributed by atoms with Crippen LogP contribution in [0.15, 0.2) is 72.8 Å². The van der Waals surface area contributed by atoms with E-state index in [-0.39, 0.29) is 82.2 Å². The average molecular weight is 889 g/mol. The summed E-state index contributed by atoms with van der Waals surface area (Å²) >= 11 is 6.37. The van der Waals surface area contributed by atoms with Crippen molar-refractivity contribution in [2.75, 3.05) is 18.4 Å². The Hall–Kier alpha value is -6.62. The number of piperidine rings is 1. The first kappa shape index (κ1) is 44.4. The molecule has 2 atom stereocenters. The average Bonchev–Trinajstić information content (AvgIpc) is 3.76. The molecule has 3 aliphatic rings. The second kappa shape index (κ2) is 18.8. The fourth-order valence-electron chi connectivity index (χ4n) is 7.95. The largest absolute Gasteiger partial charge is 0.416 e. The maximum Gasteiger partial charge on any atom is 0.416 e. The Morgan fingerprint density at radius 2 is 1.44 bits per heavy atom. The number of alkyl halides is 3. The minimum absolute atomic E-state index is 0.00106. The summed E-state index contributed by atoms with van der Waals surface area (Å²) in [4.78, 5) is 91.1. The van der Waals surface area contributed by atoms with Gasteiger partial charge >= 0.3 is 6.18 Å². The van der Waals surface area contributed by atoms with Gasteiger partial charge in [-0.1, -0.05) is 43.4 Å². The van der Waals surface area contributed by atoms with Gasteiger partial charge in [-0.2, -0.15) is 13.2 Å². The second-order valence-corrected chi connectivity index (χ2v) is 15.9. The van der Waals surface area contributed by atoms with Gasteiger partial charge in [0, 0.05) is 75.7 Å². The summed E-state index contributed by atoms with van der Waals surface area (Å²) in [6.45, 7) is 0.886. The van der Waals surface area contributed by atoms with Crippen LogP contribution in [-0.2, 0) is 22.3 Å². The van der Waals surface area contributed by atoms with Gasteiger partial charge in [0.15, 0.2) is 0 Å². The highest BCUT2D eigenvalue weighted by Gasteiger charge is 2.40. The summed E-state index contributed by atoms with van der Waals surface area (Å²) in [5.41, 5.74) is 0.343. The molecule has 18 heteroatoms. The number of carbonyl (C=O) groups excluding carboxylic acids is 7. The molecular weight excluding hydrogens is 848 g/mol. The Morgan fingerprint density at radius 3 is 2.14 bits per heavy atom. The predicted molar refractivity (Wildman–Crippen MR) is 221 cm³/mol. The van der Waals surface area contributed by atoms with Gasteiger partial charge in [-0.3, -0.25) is 38.9 Å². The number of rotatable bonds is 15. The summed E-state index contributed by atoms with van der Waals surface area (Å²) in [5, 5.41) is 13.3. The van der Waals surface area contributed by atoms with Crippen molar-refractivity contribution in [3.05, 3.63) is 134 Å². The van der Waals surface area contributed by atoms with Crippen LogP contribution < -0.4 is 26.6 Å². The van der Waals surface area contributed by atoms with Gasteiger partial charge in [0.1, 0.15) is 11.9 Å². The van der Waals surface area contributed by atoms with Crippen molar-refractivity contribution in [3.8, 4) is 0 Å². The molecule has 3 heterocycles. The molecule has 0 bridgehead atoms. The molecule has 0 spiro atoms. The van der Waals surface area contributed by atoms with E-state index in [1.165, 1.54) is 29.2 Å². The second-order valence-electron chi connectivity index (χ2n) is 15.5. The lowest BCUT2D eigenvalue weighted by Crippen LogP contribution is -2.52. The number of anilines is 1. The molecule has 4 aromatic rings. The molecular formula is C45H41ClF4N6O7. The number of hydrogen-bond donors (Lipinski definition) is 5. The van der Waals surface area contributed by atoms with Crippen molar-refractivity contribution in [3.63, 3.8) is 0 Å². The minimum Gasteiger partial charge on any atom is -0.352 e. The molecule has 0 aromatic heterocycles. The molecule has 7 amide bonds. The van der Waals surface area contributed by atoms with Crippen LogP contribution in [-0.4, -0.2) is 65.4 Å². The molecule has 1 saturated heterocycles. The Bertz CT molecular complexity index is 2530. The zero-order valence-corrected chi connectivity index (χ0v) is 34.3. The summed E-state index contributed by atoms with van der Waals surface area (Å²) < 4.78 is 54.6. The van der Waals surface area contributed by atoms with Gasteiger partial charge in [-0.25, -0.2) is 4.39 Å². The Morgan fingerprint density at radius 1 is 0.762 bits per heavy atom. The first-order chi connectivity index (χ1) is 30.1. The summed E-state index contributed by atoms with van der Waals surface area (Å²) in [5.74, 6) is -4.26. The summed E-state index contributed by atoms with van der Waals surface area (Å²) in [6.07, 6.45) is 0.350. The highest BCUT2D eigenvalue weighted by Crippen LogP contribution is 2.40. The van der Waals surface area contributed by atoms with Crippen LogP contribution in [0.2, 0.25) is 5.02 Å². The normalized spacial score (nSPS) is 16.9. The van der Waals surface area contributed by atoms with Crippen LogP contribution in [0.3, 0.4) is 0 Å². The number of fused-ring (bicyclic) bond motifs is 2. The van der Waals surface area contributed by atoms with Crippen molar-refractivity contribution in [2.24, 2.45) is 0 Å². The first-order valence-electron chi connectivity index (χ1n) is 20.4. The van der Waals surface area contributed by atoms with Gasteiger partial charge in [0.25, 0.3) is 29.5 Å². The quantitative estimate of drug-likeness (QED) is 0.0492. The molecule has 3 aliphatic heterocycles. The lowest BCUT2D eigenvalue weighted by atomic mass is 9.94. The number of nitrogens with zero attached hydrogens (tertiary/aromatic N) is 1. The van der Waals surface area contributed by atoms with Crippen molar-refractivity contribution >= 4 is 58.6 Å².